The second-order valence-electron chi connectivity index (χ2n) is 2.87. The fraction of sp³-hybridized carbons (Fsp3) is 0.100. The highest BCUT2D eigenvalue weighted by Crippen LogP contribution is 2.30. The molecule has 1 aromatic heterocycles. The van der Waals surface area contributed by atoms with Crippen LogP contribution in [0.5, 0.6) is 5.75 Å². The minimum Gasteiger partial charge on any atom is -0.496 e. The number of rotatable bonds is 1. The third-order valence-corrected chi connectivity index (χ3v) is 2.08. The maximum Gasteiger partial charge on any atom is 0.135 e. The summed E-state index contributed by atoms with van der Waals surface area (Å²) in [5, 5.41) is 0.951. The first kappa shape index (κ1) is 8.74. The molecule has 0 atom stereocenters. The summed E-state index contributed by atoms with van der Waals surface area (Å²) in [6, 6.07) is 4.46. The minimum absolute atomic E-state index is 0.277. The zero-order valence-corrected chi connectivity index (χ0v) is 7.62. The molecule has 3 nitrogen and oxygen atoms in total. The lowest BCUT2D eigenvalue weighted by molar-refractivity contribution is 0.419. The normalized spacial score (nSPS) is 10.4. The van der Waals surface area contributed by atoms with Crippen LogP contribution in [0.4, 0.5) is 10.2 Å². The summed E-state index contributed by atoms with van der Waals surface area (Å²) in [7, 11) is 1.51. The summed E-state index contributed by atoms with van der Waals surface area (Å²) in [4.78, 5) is 3.89. The number of nitrogens with zero attached hydrogens (tertiary/aromatic N) is 1. The largest absolute Gasteiger partial charge is 0.496 e. The lowest BCUT2D eigenvalue weighted by Gasteiger charge is -2.07. The number of methoxy groups -OCH3 is 1. The summed E-state index contributed by atoms with van der Waals surface area (Å²) in [5.41, 5.74) is 5.64. The Labute approximate surface area is 80.3 Å². The predicted molar refractivity (Wildman–Crippen MR) is 52.7 cm³/mol. The maximum absolute atomic E-state index is 13.3. The number of ether oxygens (including phenoxy) is 1. The molecule has 0 unspecified atom stereocenters. The van der Waals surface area contributed by atoms with Crippen molar-refractivity contribution in [3.8, 4) is 5.75 Å². The first-order chi connectivity index (χ1) is 6.74. The van der Waals surface area contributed by atoms with E-state index in [4.69, 9.17) is 10.5 Å². The fourth-order valence-electron chi connectivity index (χ4n) is 1.43. The Bertz CT molecular complexity index is 485. The van der Waals surface area contributed by atoms with E-state index in [-0.39, 0.29) is 11.6 Å². The van der Waals surface area contributed by atoms with Crippen molar-refractivity contribution in [2.24, 2.45) is 0 Å². The Morgan fingerprint density at radius 2 is 2.14 bits per heavy atom. The summed E-state index contributed by atoms with van der Waals surface area (Å²) in [6.07, 6.45) is 1.47. The molecule has 1 heterocycles. The first-order valence-corrected chi connectivity index (χ1v) is 4.10. The van der Waals surface area contributed by atoms with Crippen molar-refractivity contribution in [3.63, 3.8) is 0 Å². The number of aromatic nitrogens is 1. The van der Waals surface area contributed by atoms with Crippen LogP contribution in [0, 0.1) is 5.82 Å². The van der Waals surface area contributed by atoms with Crippen LogP contribution in [0.2, 0.25) is 0 Å². The van der Waals surface area contributed by atoms with Gasteiger partial charge in [0.25, 0.3) is 0 Å². The van der Waals surface area contributed by atoms with Gasteiger partial charge in [0, 0.05) is 11.6 Å². The number of hydrogen-bond donors (Lipinski definition) is 1. The average molecular weight is 192 g/mol. The van der Waals surface area contributed by atoms with E-state index in [1.54, 1.807) is 6.07 Å². The molecule has 0 aliphatic rings. The van der Waals surface area contributed by atoms with Crippen LogP contribution in [0.25, 0.3) is 10.8 Å². The molecule has 0 amide bonds. The van der Waals surface area contributed by atoms with Gasteiger partial charge in [-0.1, -0.05) is 0 Å². The molecule has 4 heteroatoms. The number of hydrogen-bond acceptors (Lipinski definition) is 3. The third-order valence-electron chi connectivity index (χ3n) is 2.08. The number of pyridine rings is 1. The number of benzene rings is 1. The molecule has 2 aromatic rings. The zero-order chi connectivity index (χ0) is 10.1. The molecule has 1 aromatic carbocycles. The van der Waals surface area contributed by atoms with Crippen LogP contribution in [0.15, 0.2) is 24.4 Å². The summed E-state index contributed by atoms with van der Waals surface area (Å²) >= 11 is 0. The quantitative estimate of drug-likeness (QED) is 0.751. The maximum atomic E-state index is 13.3. The van der Waals surface area contributed by atoms with Crippen molar-refractivity contribution in [2.75, 3.05) is 12.8 Å². The highest BCUT2D eigenvalue weighted by molar-refractivity contribution is 5.96. The Morgan fingerprint density at radius 1 is 1.36 bits per heavy atom. The number of fused-ring (bicyclic) bond motifs is 1. The molecule has 72 valence electrons. The smallest absolute Gasteiger partial charge is 0.135 e. The molecular formula is C10H9FN2O. The van der Waals surface area contributed by atoms with E-state index in [0.29, 0.717) is 16.5 Å². The molecule has 2 rings (SSSR count). The van der Waals surface area contributed by atoms with Gasteiger partial charge in [0.15, 0.2) is 0 Å². The van der Waals surface area contributed by atoms with E-state index >= 15 is 0 Å². The minimum atomic E-state index is -0.324. The van der Waals surface area contributed by atoms with Crippen LogP contribution < -0.4 is 10.5 Å². The zero-order valence-electron chi connectivity index (χ0n) is 7.62. The van der Waals surface area contributed by atoms with Crippen molar-refractivity contribution in [3.05, 3.63) is 30.2 Å². The van der Waals surface area contributed by atoms with Gasteiger partial charge in [-0.3, -0.25) is 0 Å². The molecule has 0 aliphatic carbocycles. The number of nitrogens with two attached hydrogens (primary N) is 1. The van der Waals surface area contributed by atoms with Crippen LogP contribution in [-0.2, 0) is 0 Å². The number of halogens is 1. The molecule has 2 N–H and O–H groups in total. The summed E-state index contributed by atoms with van der Waals surface area (Å²) in [5.74, 6) is 0.487. The topological polar surface area (TPSA) is 48.1 Å². The molecule has 0 saturated heterocycles. The Morgan fingerprint density at radius 3 is 2.86 bits per heavy atom. The van der Waals surface area contributed by atoms with E-state index in [9.17, 15) is 4.39 Å². The van der Waals surface area contributed by atoms with Crippen molar-refractivity contribution >= 4 is 16.6 Å². The molecule has 0 spiro atoms. The van der Waals surface area contributed by atoms with Gasteiger partial charge in [0.1, 0.15) is 17.4 Å². The van der Waals surface area contributed by atoms with Crippen LogP contribution >= 0.6 is 0 Å². The standard InChI is InChI=1S/C10H9FN2O/c1-14-8-3-2-7(11)6-4-5-13-10(12)9(6)8/h2-5H,1H3,(H2,12,13). The van der Waals surface area contributed by atoms with Crippen molar-refractivity contribution in [1.29, 1.82) is 0 Å². The van der Waals surface area contributed by atoms with Gasteiger partial charge in [-0.25, -0.2) is 9.37 Å². The lowest BCUT2D eigenvalue weighted by atomic mass is 10.1. The molecule has 0 saturated carbocycles. The monoisotopic (exact) mass is 192 g/mol. The van der Waals surface area contributed by atoms with Gasteiger partial charge in [-0.05, 0) is 18.2 Å². The Hall–Kier alpha value is -1.84. The molecule has 0 fully saturated rings. The van der Waals surface area contributed by atoms with E-state index in [2.05, 4.69) is 4.98 Å². The van der Waals surface area contributed by atoms with E-state index in [1.807, 2.05) is 0 Å². The molecule has 0 aliphatic heterocycles. The van der Waals surface area contributed by atoms with Crippen molar-refractivity contribution in [2.45, 2.75) is 0 Å². The Kier molecular flexibility index (Phi) is 1.96. The molecule has 0 bridgehead atoms. The lowest BCUT2D eigenvalue weighted by Crippen LogP contribution is -1.95. The number of nitrogen functional groups attached to an aromatic ring is 1. The van der Waals surface area contributed by atoms with Crippen molar-refractivity contribution in [1.82, 2.24) is 4.98 Å². The van der Waals surface area contributed by atoms with Gasteiger partial charge in [0.2, 0.25) is 0 Å². The van der Waals surface area contributed by atoms with Crippen LogP contribution in [0.1, 0.15) is 0 Å². The summed E-state index contributed by atoms with van der Waals surface area (Å²) in [6.45, 7) is 0. The second-order valence-corrected chi connectivity index (χ2v) is 2.87. The molecule has 0 radical (unpaired) electrons. The molecule has 14 heavy (non-hydrogen) atoms. The van der Waals surface area contributed by atoms with Crippen molar-refractivity contribution < 1.29 is 9.13 Å². The van der Waals surface area contributed by atoms with E-state index in [1.165, 1.54) is 25.4 Å². The average Bonchev–Trinajstić information content (AvgIpc) is 2.20. The SMILES string of the molecule is COc1ccc(F)c2ccnc(N)c12. The highest BCUT2D eigenvalue weighted by Gasteiger charge is 2.09. The van der Waals surface area contributed by atoms with E-state index in [0.717, 1.165) is 0 Å². The second kappa shape index (κ2) is 3.14. The highest BCUT2D eigenvalue weighted by atomic mass is 19.1. The van der Waals surface area contributed by atoms with Crippen LogP contribution in [-0.4, -0.2) is 12.1 Å². The molecular weight excluding hydrogens is 183 g/mol. The van der Waals surface area contributed by atoms with Crippen LogP contribution in [0.3, 0.4) is 0 Å². The fourth-order valence-corrected chi connectivity index (χ4v) is 1.43. The Balaban J connectivity index is 2.92. The number of anilines is 1. The summed E-state index contributed by atoms with van der Waals surface area (Å²) < 4.78 is 18.4. The van der Waals surface area contributed by atoms with E-state index < -0.39 is 0 Å². The first-order valence-electron chi connectivity index (χ1n) is 4.10. The third kappa shape index (κ3) is 1.16. The van der Waals surface area contributed by atoms with Gasteiger partial charge in [0.05, 0.1) is 12.5 Å². The van der Waals surface area contributed by atoms with Gasteiger partial charge in [-0.15, -0.1) is 0 Å². The predicted octanol–water partition coefficient (Wildman–Crippen LogP) is 1.96. The van der Waals surface area contributed by atoms with Gasteiger partial charge in [-0.2, -0.15) is 0 Å². The van der Waals surface area contributed by atoms with Gasteiger partial charge >= 0.3 is 0 Å². The van der Waals surface area contributed by atoms with Gasteiger partial charge < -0.3 is 10.5 Å².